The molecule has 0 saturated heterocycles. The van der Waals surface area contributed by atoms with Crippen molar-refractivity contribution in [3.8, 4) is 17.2 Å². The fraction of sp³-hybridized carbons (Fsp3) is 0.485. The Morgan fingerprint density at radius 1 is 1.26 bits per heavy atom. The van der Waals surface area contributed by atoms with Gasteiger partial charge in [-0.1, -0.05) is 25.3 Å². The van der Waals surface area contributed by atoms with E-state index in [1.165, 1.54) is 6.42 Å². The Labute approximate surface area is 272 Å². The second-order valence-corrected chi connectivity index (χ2v) is 12.5. The monoisotopic (exact) mass is 645 g/mol. The number of guanidine groups is 1. The van der Waals surface area contributed by atoms with E-state index in [1.807, 2.05) is 29.0 Å². The first-order chi connectivity index (χ1) is 22.7. The van der Waals surface area contributed by atoms with E-state index in [0.717, 1.165) is 31.2 Å². The van der Waals surface area contributed by atoms with Crippen molar-refractivity contribution in [3.05, 3.63) is 47.5 Å². The fourth-order valence-corrected chi connectivity index (χ4v) is 7.23. The lowest BCUT2D eigenvalue weighted by Gasteiger charge is -2.39. The maximum Gasteiger partial charge on any atom is 0.374 e. The van der Waals surface area contributed by atoms with Gasteiger partial charge in [0.15, 0.2) is 17.8 Å². The SMILES string of the molecule is CCOC(=O)C1=C/C(=C\CN2C=CNC2N2CN=C3C(=O)N=C(N)N=C32)c2c(cc3c(c2OC)C[C@@H]([C@](C)(O)C2CCCCC2)O3)O1. The lowest BCUT2D eigenvalue weighted by molar-refractivity contribution is -0.141. The number of aliphatic imine (C=N–C) groups is 3. The zero-order valence-electron chi connectivity index (χ0n) is 26.7. The number of hydrogen-bond acceptors (Lipinski definition) is 13. The number of nitrogens with two attached hydrogens (primary N) is 1. The van der Waals surface area contributed by atoms with Gasteiger partial charge < -0.3 is 40.0 Å². The van der Waals surface area contributed by atoms with Gasteiger partial charge >= 0.3 is 11.9 Å². The summed E-state index contributed by atoms with van der Waals surface area (Å²) in [6.07, 6.45) is 12.2. The summed E-state index contributed by atoms with van der Waals surface area (Å²) in [5, 5.41) is 15.0. The van der Waals surface area contributed by atoms with Crippen LogP contribution in [0.2, 0.25) is 0 Å². The predicted octanol–water partition coefficient (Wildman–Crippen LogP) is 2.18. The third kappa shape index (κ3) is 5.39. The average molecular weight is 646 g/mol. The van der Waals surface area contributed by atoms with Crippen LogP contribution in [0.3, 0.4) is 0 Å². The highest BCUT2D eigenvalue weighted by molar-refractivity contribution is 6.69. The summed E-state index contributed by atoms with van der Waals surface area (Å²) in [7, 11) is 1.60. The number of nitrogens with zero attached hydrogens (tertiary/aromatic N) is 5. The van der Waals surface area contributed by atoms with Crippen LogP contribution in [0, 0.1) is 5.92 Å². The van der Waals surface area contributed by atoms with Gasteiger partial charge in [-0.3, -0.25) is 14.7 Å². The molecule has 1 aromatic rings. The van der Waals surface area contributed by atoms with E-state index in [1.54, 1.807) is 32.4 Å². The Kier molecular flexibility index (Phi) is 7.90. The van der Waals surface area contributed by atoms with Crippen LogP contribution >= 0.6 is 0 Å². The lowest BCUT2D eigenvalue weighted by Crippen LogP contribution is -2.53. The number of fused-ring (bicyclic) bond motifs is 3. The molecule has 5 heterocycles. The van der Waals surface area contributed by atoms with Crippen LogP contribution in [0.5, 0.6) is 17.2 Å². The molecule has 0 radical (unpaired) electrons. The summed E-state index contributed by atoms with van der Waals surface area (Å²) in [6.45, 7) is 4.38. The van der Waals surface area contributed by atoms with Gasteiger partial charge in [0.1, 0.15) is 35.6 Å². The van der Waals surface area contributed by atoms with Crippen molar-refractivity contribution in [1.29, 1.82) is 0 Å². The quantitative estimate of drug-likeness (QED) is 0.354. The molecule has 5 aliphatic heterocycles. The molecule has 1 amide bonds. The second kappa shape index (κ2) is 12.1. The maximum atomic E-state index is 12.9. The molecule has 0 spiro atoms. The topological polar surface area (TPSA) is 173 Å². The maximum absolute atomic E-state index is 12.9. The number of nitrogens with one attached hydrogen (secondary N) is 1. The van der Waals surface area contributed by atoms with Crippen LogP contribution in [-0.2, 0) is 20.7 Å². The van der Waals surface area contributed by atoms with Crippen molar-refractivity contribution in [2.24, 2.45) is 26.6 Å². The number of methoxy groups -OCH3 is 1. The van der Waals surface area contributed by atoms with Crippen LogP contribution in [0.15, 0.2) is 51.4 Å². The Balaban J connectivity index is 1.20. The first kappa shape index (κ1) is 30.8. The number of benzene rings is 1. The molecule has 14 nitrogen and oxygen atoms in total. The molecule has 7 rings (SSSR count). The molecule has 6 aliphatic rings. The summed E-state index contributed by atoms with van der Waals surface area (Å²) >= 11 is 0. The molecule has 1 aromatic carbocycles. The average Bonchev–Trinajstić information content (AvgIpc) is 3.81. The van der Waals surface area contributed by atoms with Crippen molar-refractivity contribution in [3.63, 3.8) is 0 Å². The standard InChI is InChI=1S/C33H39N7O7/c1-4-45-30(42)23-14-18(10-12-39-13-11-35-32(39)40-17-36-26-28(40)37-31(34)38-29(26)41)25-22(46-23)16-21-20(27(25)44-3)15-24(47-21)33(2,43)19-8-6-5-7-9-19/h10-11,13-14,16,19,24,32,35,43H,4-9,12,15,17H2,1-3H3,(H2,34,38,41)/b18-10+/t24-,32?,33+/m0/s1. The minimum absolute atomic E-state index is 0.0328. The van der Waals surface area contributed by atoms with Crippen molar-refractivity contribution in [2.75, 3.05) is 26.9 Å². The molecule has 1 saturated carbocycles. The molecule has 1 fully saturated rings. The summed E-state index contributed by atoms with van der Waals surface area (Å²) in [5.41, 5.74) is 7.14. The highest BCUT2D eigenvalue weighted by Crippen LogP contribution is 2.51. The van der Waals surface area contributed by atoms with E-state index >= 15 is 0 Å². The molecule has 1 unspecified atom stereocenters. The van der Waals surface area contributed by atoms with Gasteiger partial charge in [0.2, 0.25) is 11.7 Å². The Hall–Kier alpha value is -4.85. The number of rotatable bonds is 8. The molecular weight excluding hydrogens is 606 g/mol. The summed E-state index contributed by atoms with van der Waals surface area (Å²) in [5.74, 6) is 0.839. The molecular formula is C33H39N7O7. The van der Waals surface area contributed by atoms with E-state index in [9.17, 15) is 14.7 Å². The van der Waals surface area contributed by atoms with Crippen molar-refractivity contribution in [1.82, 2.24) is 15.1 Å². The Morgan fingerprint density at radius 3 is 2.83 bits per heavy atom. The van der Waals surface area contributed by atoms with Crippen LogP contribution in [-0.4, -0.2) is 89.2 Å². The van der Waals surface area contributed by atoms with Crippen LogP contribution in [0.4, 0.5) is 0 Å². The van der Waals surface area contributed by atoms with Gasteiger partial charge in [-0.15, -0.1) is 0 Å². The van der Waals surface area contributed by atoms with Gasteiger partial charge in [0.05, 0.1) is 19.3 Å². The van der Waals surface area contributed by atoms with E-state index in [-0.39, 0.29) is 36.6 Å². The highest BCUT2D eigenvalue weighted by Gasteiger charge is 2.46. The van der Waals surface area contributed by atoms with Crippen LogP contribution in [0.25, 0.3) is 5.57 Å². The number of carbonyl (C=O) groups is 2. The van der Waals surface area contributed by atoms with Crippen molar-refractivity contribution in [2.45, 2.75) is 70.4 Å². The zero-order chi connectivity index (χ0) is 32.9. The number of aliphatic hydroxyl groups is 1. The summed E-state index contributed by atoms with van der Waals surface area (Å²) in [4.78, 5) is 41.4. The third-order valence-corrected chi connectivity index (χ3v) is 9.67. The summed E-state index contributed by atoms with van der Waals surface area (Å²) in [6, 6.07) is 1.78. The molecule has 0 bridgehead atoms. The number of carbonyl (C=O) groups excluding carboxylic acids is 2. The van der Waals surface area contributed by atoms with E-state index in [2.05, 4.69) is 20.3 Å². The minimum Gasteiger partial charge on any atom is -0.496 e. The van der Waals surface area contributed by atoms with E-state index in [4.69, 9.17) is 24.7 Å². The highest BCUT2D eigenvalue weighted by atomic mass is 16.6. The Morgan fingerprint density at radius 2 is 2.06 bits per heavy atom. The van der Waals surface area contributed by atoms with Gasteiger partial charge in [0, 0.05) is 37.0 Å². The minimum atomic E-state index is -1.02. The second-order valence-electron chi connectivity index (χ2n) is 12.5. The zero-order valence-corrected chi connectivity index (χ0v) is 26.7. The smallest absolute Gasteiger partial charge is 0.374 e. The number of esters is 1. The first-order valence-corrected chi connectivity index (χ1v) is 16.1. The number of allylic oxidation sites excluding steroid dienone is 2. The van der Waals surface area contributed by atoms with Crippen LogP contribution in [0.1, 0.15) is 57.1 Å². The number of ether oxygens (including phenoxy) is 4. The van der Waals surface area contributed by atoms with Gasteiger partial charge in [-0.25, -0.2) is 4.79 Å². The molecule has 248 valence electrons. The molecule has 4 N–H and O–H groups in total. The van der Waals surface area contributed by atoms with Crippen LogP contribution < -0.4 is 25.3 Å². The number of amidine groups is 1. The third-order valence-electron chi connectivity index (χ3n) is 9.67. The molecule has 1 aliphatic carbocycles. The van der Waals surface area contributed by atoms with Gasteiger partial charge in [-0.2, -0.15) is 9.98 Å². The molecule has 3 atom stereocenters. The summed E-state index contributed by atoms with van der Waals surface area (Å²) < 4.78 is 23.9. The molecule has 14 heteroatoms. The number of amides is 1. The Bertz CT molecular complexity index is 1690. The van der Waals surface area contributed by atoms with Crippen molar-refractivity contribution >= 4 is 35.0 Å². The molecule has 0 aromatic heterocycles. The van der Waals surface area contributed by atoms with E-state index < -0.39 is 29.9 Å². The lowest BCUT2D eigenvalue weighted by atomic mass is 9.74. The molecule has 47 heavy (non-hydrogen) atoms. The van der Waals surface area contributed by atoms with E-state index in [0.29, 0.717) is 47.2 Å². The fourth-order valence-electron chi connectivity index (χ4n) is 7.23. The van der Waals surface area contributed by atoms with Gasteiger partial charge in [-0.05, 0) is 44.3 Å². The van der Waals surface area contributed by atoms with Crippen molar-refractivity contribution < 1.29 is 33.6 Å². The van der Waals surface area contributed by atoms with Gasteiger partial charge in [0.25, 0.3) is 0 Å². The number of hydrogen-bond donors (Lipinski definition) is 3. The largest absolute Gasteiger partial charge is 0.496 e. The normalized spacial score (nSPS) is 25.4. The first-order valence-electron chi connectivity index (χ1n) is 16.1. The predicted molar refractivity (Wildman–Crippen MR) is 173 cm³/mol.